The summed E-state index contributed by atoms with van der Waals surface area (Å²) in [5.74, 6) is -0.265. The largest absolute Gasteiger partial charge is 0.297 e. The lowest BCUT2D eigenvalue weighted by atomic mass is 10.0. The molecule has 0 atom stereocenters. The van der Waals surface area contributed by atoms with E-state index < -0.39 is 0 Å². The second kappa shape index (κ2) is 2.82. The molecule has 0 bridgehead atoms. The van der Waals surface area contributed by atoms with Gasteiger partial charge in [-0.3, -0.25) is 15.3 Å². The molecule has 0 radical (unpaired) electrons. The van der Waals surface area contributed by atoms with Crippen LogP contribution in [-0.2, 0) is 4.79 Å². The highest BCUT2D eigenvalue weighted by Crippen LogP contribution is 2.16. The van der Waals surface area contributed by atoms with E-state index in [1.54, 1.807) is 18.5 Å². The number of ketones is 1. The molecule has 0 spiro atoms. The molecule has 0 saturated carbocycles. The number of H-pyrrole nitrogens is 1. The lowest BCUT2D eigenvalue weighted by Crippen LogP contribution is -2.10. The molecule has 2 N–H and O–H groups in total. The number of nitrogens with zero attached hydrogens (tertiary/aromatic N) is 1. The van der Waals surface area contributed by atoms with Crippen LogP contribution in [0.3, 0.4) is 0 Å². The third-order valence-corrected chi connectivity index (χ3v) is 1.81. The van der Waals surface area contributed by atoms with Crippen LogP contribution in [-0.4, -0.2) is 21.7 Å². The maximum absolute atomic E-state index is 11.1. The van der Waals surface area contributed by atoms with Gasteiger partial charge in [0, 0.05) is 11.8 Å². The zero-order valence-electron chi connectivity index (χ0n) is 6.74. The Labute approximate surface area is 74.5 Å². The minimum Gasteiger partial charge on any atom is -0.297 e. The molecule has 13 heavy (non-hydrogen) atoms. The fourth-order valence-corrected chi connectivity index (χ4v) is 1.11. The van der Waals surface area contributed by atoms with Crippen molar-refractivity contribution in [3.8, 4) is 0 Å². The van der Waals surface area contributed by atoms with Gasteiger partial charge in [-0.1, -0.05) is 6.08 Å². The highest BCUT2D eigenvalue weighted by atomic mass is 16.1. The number of aromatic amines is 1. The van der Waals surface area contributed by atoms with E-state index in [-0.39, 0.29) is 11.5 Å². The monoisotopic (exact) mass is 173 g/mol. The Morgan fingerprint density at radius 1 is 1.38 bits per heavy atom. The van der Waals surface area contributed by atoms with E-state index >= 15 is 0 Å². The molecule has 1 aromatic rings. The Morgan fingerprint density at radius 2 is 2.23 bits per heavy atom. The molecule has 1 aromatic heterocycles. The van der Waals surface area contributed by atoms with E-state index in [1.807, 2.05) is 0 Å². The molecule has 0 aromatic carbocycles. The predicted molar refractivity (Wildman–Crippen MR) is 48.4 cm³/mol. The maximum atomic E-state index is 11.1. The summed E-state index contributed by atoms with van der Waals surface area (Å²) in [5.41, 5.74) is 1.67. The summed E-state index contributed by atoms with van der Waals surface area (Å²) in [7, 11) is 0. The van der Waals surface area contributed by atoms with Gasteiger partial charge in [-0.05, 0) is 17.7 Å². The number of rotatable bonds is 1. The topological polar surface area (TPSA) is 69.6 Å². The van der Waals surface area contributed by atoms with Crippen molar-refractivity contribution in [2.75, 3.05) is 0 Å². The first kappa shape index (κ1) is 7.67. The SMILES string of the molecule is N=C1C=CC(c2cn[nH]c2)=CC1=O. The standard InChI is InChI=1S/C9H7N3O/c10-8-2-1-6(3-9(8)13)7-4-11-12-5-7/h1-5,10H,(H,11,12). The first-order valence-electron chi connectivity index (χ1n) is 3.79. The molecular weight excluding hydrogens is 166 g/mol. The maximum Gasteiger partial charge on any atom is 0.204 e. The highest BCUT2D eigenvalue weighted by molar-refractivity contribution is 6.49. The van der Waals surface area contributed by atoms with Crippen LogP contribution >= 0.6 is 0 Å². The van der Waals surface area contributed by atoms with E-state index in [4.69, 9.17) is 5.41 Å². The number of carbonyl (C=O) groups is 1. The first-order chi connectivity index (χ1) is 6.27. The lowest BCUT2D eigenvalue weighted by Gasteiger charge is -2.03. The second-order valence-corrected chi connectivity index (χ2v) is 2.70. The molecule has 0 saturated heterocycles. The summed E-state index contributed by atoms with van der Waals surface area (Å²) in [5, 5.41) is 13.6. The van der Waals surface area contributed by atoms with Crippen molar-refractivity contribution >= 4 is 17.1 Å². The number of allylic oxidation sites excluding steroid dienone is 4. The molecule has 64 valence electrons. The molecule has 4 heteroatoms. The summed E-state index contributed by atoms with van der Waals surface area (Å²) >= 11 is 0. The summed E-state index contributed by atoms with van der Waals surface area (Å²) in [6.45, 7) is 0. The van der Waals surface area contributed by atoms with Crippen molar-refractivity contribution in [2.24, 2.45) is 0 Å². The van der Waals surface area contributed by atoms with E-state index in [2.05, 4.69) is 10.2 Å². The first-order valence-corrected chi connectivity index (χ1v) is 3.79. The zero-order chi connectivity index (χ0) is 9.26. The summed E-state index contributed by atoms with van der Waals surface area (Å²) < 4.78 is 0. The van der Waals surface area contributed by atoms with Crippen molar-refractivity contribution in [1.29, 1.82) is 5.41 Å². The molecular formula is C9H7N3O. The van der Waals surface area contributed by atoms with Crippen LogP contribution in [0.4, 0.5) is 0 Å². The molecule has 1 heterocycles. The molecule has 2 rings (SSSR count). The minimum atomic E-state index is -0.265. The van der Waals surface area contributed by atoms with Crippen molar-refractivity contribution in [1.82, 2.24) is 10.2 Å². The Morgan fingerprint density at radius 3 is 2.85 bits per heavy atom. The van der Waals surface area contributed by atoms with Gasteiger partial charge in [0.25, 0.3) is 0 Å². The minimum absolute atomic E-state index is 0.0206. The molecule has 0 aliphatic heterocycles. The Balaban J connectivity index is 2.38. The fourth-order valence-electron chi connectivity index (χ4n) is 1.11. The van der Waals surface area contributed by atoms with Gasteiger partial charge in [0.2, 0.25) is 5.78 Å². The van der Waals surface area contributed by atoms with Crippen LogP contribution in [0.25, 0.3) is 5.57 Å². The zero-order valence-corrected chi connectivity index (χ0v) is 6.74. The highest BCUT2D eigenvalue weighted by Gasteiger charge is 2.11. The number of carbonyl (C=O) groups excluding carboxylic acids is 1. The molecule has 1 aliphatic rings. The summed E-state index contributed by atoms with van der Waals surface area (Å²) in [6, 6.07) is 0. The number of nitrogens with one attached hydrogen (secondary N) is 2. The van der Waals surface area contributed by atoms with Crippen molar-refractivity contribution in [3.05, 3.63) is 36.2 Å². The normalized spacial score (nSPS) is 16.2. The fraction of sp³-hybridized carbons (Fsp3) is 0. The lowest BCUT2D eigenvalue weighted by molar-refractivity contribution is -0.108. The van der Waals surface area contributed by atoms with Gasteiger partial charge in [0.05, 0.1) is 6.20 Å². The molecule has 4 nitrogen and oxygen atoms in total. The van der Waals surface area contributed by atoms with Gasteiger partial charge in [-0.15, -0.1) is 0 Å². The van der Waals surface area contributed by atoms with Crippen LogP contribution in [0, 0.1) is 5.41 Å². The van der Waals surface area contributed by atoms with Crippen molar-refractivity contribution in [2.45, 2.75) is 0 Å². The smallest absolute Gasteiger partial charge is 0.204 e. The Bertz CT molecular complexity index is 412. The van der Waals surface area contributed by atoms with Crippen LogP contribution in [0.2, 0.25) is 0 Å². The van der Waals surface area contributed by atoms with Gasteiger partial charge in [0.1, 0.15) is 5.71 Å². The van der Waals surface area contributed by atoms with Gasteiger partial charge < -0.3 is 0 Å². The van der Waals surface area contributed by atoms with Crippen LogP contribution < -0.4 is 0 Å². The average Bonchev–Trinajstić information content (AvgIpc) is 2.62. The second-order valence-electron chi connectivity index (χ2n) is 2.70. The molecule has 1 aliphatic carbocycles. The van der Waals surface area contributed by atoms with Crippen LogP contribution in [0.5, 0.6) is 0 Å². The molecule has 0 amide bonds. The van der Waals surface area contributed by atoms with E-state index in [0.29, 0.717) is 0 Å². The molecule has 0 unspecified atom stereocenters. The van der Waals surface area contributed by atoms with E-state index in [9.17, 15) is 4.79 Å². The van der Waals surface area contributed by atoms with Crippen molar-refractivity contribution in [3.63, 3.8) is 0 Å². The average molecular weight is 173 g/mol. The number of aromatic nitrogens is 2. The van der Waals surface area contributed by atoms with Crippen molar-refractivity contribution < 1.29 is 4.79 Å². The predicted octanol–water partition coefficient (Wildman–Crippen LogP) is 0.952. The number of hydrogen-bond donors (Lipinski definition) is 2. The molecule has 0 fully saturated rings. The quantitative estimate of drug-likeness (QED) is 0.621. The number of hydrogen-bond acceptors (Lipinski definition) is 3. The van der Waals surface area contributed by atoms with Crippen LogP contribution in [0.15, 0.2) is 30.6 Å². The Kier molecular flexibility index (Phi) is 1.66. The van der Waals surface area contributed by atoms with E-state index in [0.717, 1.165) is 11.1 Å². The Hall–Kier alpha value is -1.97. The summed E-state index contributed by atoms with van der Waals surface area (Å²) in [4.78, 5) is 11.1. The van der Waals surface area contributed by atoms with Gasteiger partial charge >= 0.3 is 0 Å². The van der Waals surface area contributed by atoms with Gasteiger partial charge in [-0.25, -0.2) is 0 Å². The van der Waals surface area contributed by atoms with Gasteiger partial charge in [0.15, 0.2) is 0 Å². The van der Waals surface area contributed by atoms with Crippen LogP contribution in [0.1, 0.15) is 5.56 Å². The third kappa shape index (κ3) is 1.33. The van der Waals surface area contributed by atoms with E-state index in [1.165, 1.54) is 12.2 Å². The third-order valence-electron chi connectivity index (χ3n) is 1.81. The summed E-state index contributed by atoms with van der Waals surface area (Å²) in [6.07, 6.45) is 8.00. The van der Waals surface area contributed by atoms with Gasteiger partial charge in [-0.2, -0.15) is 5.10 Å².